The van der Waals surface area contributed by atoms with Gasteiger partial charge in [0.15, 0.2) is 0 Å². The van der Waals surface area contributed by atoms with Gasteiger partial charge in [0.2, 0.25) is 5.91 Å². The molecule has 8 heteroatoms. The number of carbonyl (C=O) groups is 3. The molecule has 136 valence electrons. The molecule has 1 fully saturated rings. The molecule has 0 saturated carbocycles. The minimum Gasteiger partial charge on any atom is -0.323 e. The molecular formula is C17H21ClFN3O3. The van der Waals surface area contributed by atoms with E-state index in [0.717, 1.165) is 23.5 Å². The highest BCUT2D eigenvalue weighted by atomic mass is 35.5. The summed E-state index contributed by atoms with van der Waals surface area (Å²) in [5.74, 6) is -1.17. The van der Waals surface area contributed by atoms with Crippen molar-refractivity contribution in [2.75, 3.05) is 11.9 Å². The second-order valence-electron chi connectivity index (χ2n) is 6.76. The smallest absolute Gasteiger partial charge is 0.323 e. The van der Waals surface area contributed by atoms with E-state index < -0.39 is 35.7 Å². The Labute approximate surface area is 150 Å². The zero-order chi connectivity index (χ0) is 18.8. The van der Waals surface area contributed by atoms with E-state index in [2.05, 4.69) is 10.6 Å². The molecule has 0 aliphatic carbocycles. The van der Waals surface area contributed by atoms with Crippen LogP contribution in [0.5, 0.6) is 0 Å². The summed E-state index contributed by atoms with van der Waals surface area (Å²) in [6.07, 6.45) is 1.27. The van der Waals surface area contributed by atoms with Crippen molar-refractivity contribution in [3.63, 3.8) is 0 Å². The van der Waals surface area contributed by atoms with Crippen molar-refractivity contribution < 1.29 is 18.8 Å². The molecule has 4 amide bonds. The number of amides is 4. The van der Waals surface area contributed by atoms with Crippen LogP contribution >= 0.6 is 11.6 Å². The predicted octanol–water partition coefficient (Wildman–Crippen LogP) is 3.16. The molecule has 1 aromatic rings. The largest absolute Gasteiger partial charge is 0.325 e. The van der Waals surface area contributed by atoms with Crippen LogP contribution in [0.2, 0.25) is 5.02 Å². The number of anilines is 1. The van der Waals surface area contributed by atoms with Crippen molar-refractivity contribution in [2.24, 2.45) is 5.92 Å². The third kappa shape index (κ3) is 4.48. The van der Waals surface area contributed by atoms with Gasteiger partial charge in [0.1, 0.15) is 17.9 Å². The normalized spacial score (nSPS) is 20.2. The SMILES string of the molecule is CC(C)CC[C@]1(C)NC(=O)N(CC(=O)Nc2ccc(F)cc2Cl)C1=O. The third-order valence-electron chi connectivity index (χ3n) is 4.07. The van der Waals surface area contributed by atoms with Gasteiger partial charge in [-0.2, -0.15) is 0 Å². The van der Waals surface area contributed by atoms with Gasteiger partial charge >= 0.3 is 6.03 Å². The van der Waals surface area contributed by atoms with Gasteiger partial charge in [0, 0.05) is 0 Å². The van der Waals surface area contributed by atoms with Gasteiger partial charge in [-0.05, 0) is 43.9 Å². The fourth-order valence-corrected chi connectivity index (χ4v) is 2.78. The first-order valence-electron chi connectivity index (χ1n) is 8.01. The number of rotatable bonds is 6. The molecule has 0 aromatic heterocycles. The van der Waals surface area contributed by atoms with Gasteiger partial charge in [-0.3, -0.25) is 14.5 Å². The van der Waals surface area contributed by atoms with Crippen molar-refractivity contribution in [3.8, 4) is 0 Å². The van der Waals surface area contributed by atoms with E-state index in [4.69, 9.17) is 11.6 Å². The van der Waals surface area contributed by atoms with Crippen molar-refractivity contribution in [1.82, 2.24) is 10.2 Å². The van der Waals surface area contributed by atoms with Crippen molar-refractivity contribution in [1.29, 1.82) is 0 Å². The van der Waals surface area contributed by atoms with Crippen LogP contribution < -0.4 is 10.6 Å². The van der Waals surface area contributed by atoms with E-state index in [0.29, 0.717) is 12.3 Å². The first kappa shape index (κ1) is 19.2. The molecule has 0 unspecified atom stereocenters. The number of hydrogen-bond donors (Lipinski definition) is 2. The van der Waals surface area contributed by atoms with E-state index in [1.807, 2.05) is 13.8 Å². The molecule has 1 aliphatic rings. The molecule has 25 heavy (non-hydrogen) atoms. The predicted molar refractivity (Wildman–Crippen MR) is 92.8 cm³/mol. The number of carbonyl (C=O) groups excluding carboxylic acids is 3. The lowest BCUT2D eigenvalue weighted by Crippen LogP contribution is -2.44. The zero-order valence-electron chi connectivity index (χ0n) is 14.4. The van der Waals surface area contributed by atoms with Gasteiger partial charge in [0.05, 0.1) is 10.7 Å². The highest BCUT2D eigenvalue weighted by Crippen LogP contribution is 2.25. The minimum atomic E-state index is -1.00. The summed E-state index contributed by atoms with van der Waals surface area (Å²) in [6.45, 7) is 5.28. The number of benzene rings is 1. The van der Waals surface area contributed by atoms with Gasteiger partial charge in [-0.25, -0.2) is 9.18 Å². The molecule has 2 rings (SSSR count). The lowest BCUT2D eigenvalue weighted by molar-refractivity contribution is -0.133. The Hall–Kier alpha value is -2.15. The number of halogens is 2. The van der Waals surface area contributed by atoms with Gasteiger partial charge in [-0.1, -0.05) is 25.4 Å². The van der Waals surface area contributed by atoms with E-state index in [1.54, 1.807) is 6.92 Å². The molecule has 0 bridgehead atoms. The maximum atomic E-state index is 13.0. The Morgan fingerprint density at radius 2 is 2.08 bits per heavy atom. The summed E-state index contributed by atoms with van der Waals surface area (Å²) in [4.78, 5) is 37.6. The van der Waals surface area contributed by atoms with Crippen LogP contribution in [0.25, 0.3) is 0 Å². The summed E-state index contributed by atoms with van der Waals surface area (Å²) in [5.41, 5.74) is -0.794. The Balaban J connectivity index is 2.03. The van der Waals surface area contributed by atoms with E-state index in [9.17, 15) is 18.8 Å². The summed E-state index contributed by atoms with van der Waals surface area (Å²) in [7, 11) is 0. The third-order valence-corrected chi connectivity index (χ3v) is 4.39. The minimum absolute atomic E-state index is 0.0346. The maximum Gasteiger partial charge on any atom is 0.325 e. The summed E-state index contributed by atoms with van der Waals surface area (Å²) < 4.78 is 13.0. The van der Waals surface area contributed by atoms with Crippen molar-refractivity contribution >= 4 is 35.1 Å². The summed E-state index contributed by atoms with van der Waals surface area (Å²) in [6, 6.07) is 2.93. The first-order valence-corrected chi connectivity index (χ1v) is 8.39. The van der Waals surface area contributed by atoms with Crippen LogP contribution in [0, 0.1) is 11.7 Å². The van der Waals surface area contributed by atoms with Crippen molar-refractivity contribution in [2.45, 2.75) is 39.2 Å². The molecule has 1 saturated heterocycles. The topological polar surface area (TPSA) is 78.5 Å². The van der Waals surface area contributed by atoms with Crippen molar-refractivity contribution in [3.05, 3.63) is 29.0 Å². The quantitative estimate of drug-likeness (QED) is 0.756. The summed E-state index contributed by atoms with van der Waals surface area (Å²) >= 11 is 5.85. The summed E-state index contributed by atoms with van der Waals surface area (Å²) in [5, 5.41) is 5.16. The van der Waals surface area contributed by atoms with Crippen LogP contribution in [0.4, 0.5) is 14.9 Å². The van der Waals surface area contributed by atoms with Crippen LogP contribution in [0.15, 0.2) is 18.2 Å². The number of hydrogen-bond acceptors (Lipinski definition) is 3. The molecule has 0 radical (unpaired) electrons. The Kier molecular flexibility index (Phi) is 5.67. The Morgan fingerprint density at radius 1 is 1.40 bits per heavy atom. The Morgan fingerprint density at radius 3 is 2.68 bits per heavy atom. The molecule has 6 nitrogen and oxygen atoms in total. The molecule has 1 aliphatic heterocycles. The standard InChI is InChI=1S/C17H21ClFN3O3/c1-10(2)6-7-17(3)15(24)22(16(25)21-17)9-14(23)20-13-5-4-11(19)8-12(13)18/h4-5,8,10H,6-7,9H2,1-3H3,(H,20,23)(H,21,25)/t17-/m0/s1. The molecular weight excluding hydrogens is 349 g/mol. The van der Waals surface area contributed by atoms with Crippen LogP contribution in [-0.2, 0) is 9.59 Å². The van der Waals surface area contributed by atoms with Crippen LogP contribution in [0.1, 0.15) is 33.6 Å². The highest BCUT2D eigenvalue weighted by molar-refractivity contribution is 6.33. The van der Waals surface area contributed by atoms with E-state index in [-0.39, 0.29) is 10.7 Å². The number of nitrogens with one attached hydrogen (secondary N) is 2. The highest BCUT2D eigenvalue weighted by Gasteiger charge is 2.47. The average molecular weight is 370 g/mol. The fourth-order valence-electron chi connectivity index (χ4n) is 2.56. The lowest BCUT2D eigenvalue weighted by atomic mass is 9.92. The average Bonchev–Trinajstić information content (AvgIpc) is 2.72. The molecule has 1 aromatic carbocycles. The monoisotopic (exact) mass is 369 g/mol. The number of urea groups is 1. The van der Waals surface area contributed by atoms with Gasteiger partial charge in [0.25, 0.3) is 5.91 Å². The number of nitrogens with zero attached hydrogens (tertiary/aromatic N) is 1. The first-order chi connectivity index (χ1) is 11.6. The van der Waals surface area contributed by atoms with Gasteiger partial charge in [-0.15, -0.1) is 0 Å². The molecule has 2 N–H and O–H groups in total. The van der Waals surface area contributed by atoms with Gasteiger partial charge < -0.3 is 10.6 Å². The van der Waals surface area contributed by atoms with E-state index in [1.165, 1.54) is 6.07 Å². The van der Waals surface area contributed by atoms with E-state index >= 15 is 0 Å². The molecule has 0 spiro atoms. The molecule has 1 heterocycles. The molecule has 1 atom stereocenters. The second-order valence-corrected chi connectivity index (χ2v) is 7.17. The Bertz CT molecular complexity index is 710. The second kappa shape index (κ2) is 7.39. The fraction of sp³-hybridized carbons (Fsp3) is 0.471. The zero-order valence-corrected chi connectivity index (χ0v) is 15.1. The van der Waals surface area contributed by atoms with Crippen LogP contribution in [0.3, 0.4) is 0 Å². The maximum absolute atomic E-state index is 13.0. The lowest BCUT2D eigenvalue weighted by Gasteiger charge is -2.22. The van der Waals surface area contributed by atoms with Crippen LogP contribution in [-0.4, -0.2) is 34.8 Å². The number of imide groups is 1.